The average Bonchev–Trinajstić information content (AvgIpc) is 1.64. The Kier molecular flexibility index (Phi) is 1.90. The van der Waals surface area contributed by atoms with Crippen molar-refractivity contribution in [2.75, 3.05) is 6.54 Å². The van der Waals surface area contributed by atoms with E-state index in [9.17, 15) is 0 Å². The van der Waals surface area contributed by atoms with Gasteiger partial charge in [-0.05, 0) is 32.2 Å². The molecule has 1 N–H and O–H groups in total. The van der Waals surface area contributed by atoms with Crippen LogP contribution in [-0.4, -0.2) is 12.6 Å². The van der Waals surface area contributed by atoms with Crippen LogP contribution in [0.3, 0.4) is 0 Å². The van der Waals surface area contributed by atoms with E-state index in [-0.39, 0.29) is 0 Å². The van der Waals surface area contributed by atoms with Crippen molar-refractivity contribution in [1.82, 2.24) is 5.32 Å². The van der Waals surface area contributed by atoms with Gasteiger partial charge in [-0.25, -0.2) is 0 Å². The van der Waals surface area contributed by atoms with Crippen LogP contribution in [0.5, 0.6) is 0 Å². The summed E-state index contributed by atoms with van der Waals surface area (Å²) in [5, 5.41) is 3.41. The molecule has 1 aliphatic rings. The summed E-state index contributed by atoms with van der Waals surface area (Å²) in [6, 6.07) is 0.763. The van der Waals surface area contributed by atoms with Gasteiger partial charge in [0.05, 0.1) is 0 Å². The molecule has 1 heterocycles. The fourth-order valence-corrected chi connectivity index (χ4v) is 1.38. The molecular weight excluding hydrogens is 98.1 g/mol. The maximum Gasteiger partial charge on any atom is 0.00412 e. The lowest BCUT2D eigenvalue weighted by molar-refractivity contribution is 0.336. The van der Waals surface area contributed by atoms with Crippen LogP contribution in [0, 0.1) is 5.92 Å². The molecule has 0 aromatic heterocycles. The Morgan fingerprint density at radius 1 is 1.38 bits per heavy atom. The molecule has 0 radical (unpaired) electrons. The molecule has 0 saturated carbocycles. The molecule has 0 aliphatic carbocycles. The Bertz CT molecular complexity index is 62.8. The fraction of sp³-hybridized carbons (Fsp3) is 1.00. The highest BCUT2D eigenvalue weighted by molar-refractivity contribution is 4.71. The first-order valence-electron chi connectivity index (χ1n) is 3.52. The van der Waals surface area contributed by atoms with E-state index in [2.05, 4.69) is 19.2 Å². The van der Waals surface area contributed by atoms with Crippen molar-refractivity contribution in [3.8, 4) is 0 Å². The van der Waals surface area contributed by atoms with Crippen LogP contribution in [0.15, 0.2) is 0 Å². The molecule has 8 heavy (non-hydrogen) atoms. The van der Waals surface area contributed by atoms with Gasteiger partial charge in [0.25, 0.3) is 0 Å². The highest BCUT2D eigenvalue weighted by Gasteiger charge is 2.12. The SMILES string of the molecule is C[C@@H]1CCN[C@@H](C)C1. The molecule has 1 aliphatic heterocycles. The standard InChI is InChI=1S/C7H15N/c1-6-3-4-8-7(2)5-6/h6-8H,3-5H2,1-2H3/t6-,7+/m1/s1. The Labute approximate surface area is 51.5 Å². The molecule has 1 rings (SSSR count). The number of hydrogen-bond acceptors (Lipinski definition) is 1. The normalized spacial score (nSPS) is 39.8. The molecule has 0 aromatic rings. The van der Waals surface area contributed by atoms with Gasteiger partial charge in [0, 0.05) is 6.04 Å². The van der Waals surface area contributed by atoms with Gasteiger partial charge < -0.3 is 5.32 Å². The zero-order valence-electron chi connectivity index (χ0n) is 5.78. The monoisotopic (exact) mass is 113 g/mol. The van der Waals surface area contributed by atoms with E-state index < -0.39 is 0 Å². The average molecular weight is 113 g/mol. The summed E-state index contributed by atoms with van der Waals surface area (Å²) in [6.07, 6.45) is 2.73. The third kappa shape index (κ3) is 1.48. The molecule has 48 valence electrons. The van der Waals surface area contributed by atoms with Crippen LogP contribution in [0.25, 0.3) is 0 Å². The molecule has 1 fully saturated rings. The smallest absolute Gasteiger partial charge is 0.00412 e. The van der Waals surface area contributed by atoms with Crippen molar-refractivity contribution >= 4 is 0 Å². The lowest BCUT2D eigenvalue weighted by atomic mass is 9.96. The van der Waals surface area contributed by atoms with Crippen molar-refractivity contribution in [2.24, 2.45) is 5.92 Å². The Morgan fingerprint density at radius 2 is 2.12 bits per heavy atom. The van der Waals surface area contributed by atoms with Crippen LogP contribution >= 0.6 is 0 Å². The Balaban J connectivity index is 2.23. The first kappa shape index (κ1) is 6.09. The summed E-state index contributed by atoms with van der Waals surface area (Å²) in [5.74, 6) is 0.950. The summed E-state index contributed by atoms with van der Waals surface area (Å²) < 4.78 is 0. The molecule has 0 bridgehead atoms. The molecule has 0 unspecified atom stereocenters. The Morgan fingerprint density at radius 3 is 2.50 bits per heavy atom. The molecule has 1 heteroatoms. The highest BCUT2D eigenvalue weighted by atomic mass is 14.9. The van der Waals surface area contributed by atoms with Crippen LogP contribution in [0.2, 0.25) is 0 Å². The summed E-state index contributed by atoms with van der Waals surface area (Å²) >= 11 is 0. The van der Waals surface area contributed by atoms with E-state index in [1.54, 1.807) is 0 Å². The van der Waals surface area contributed by atoms with Gasteiger partial charge in [0.1, 0.15) is 0 Å². The third-order valence-corrected chi connectivity index (χ3v) is 1.89. The first-order valence-corrected chi connectivity index (χ1v) is 3.52. The minimum absolute atomic E-state index is 0.763. The maximum absolute atomic E-state index is 3.41. The molecule has 0 aromatic carbocycles. The molecule has 0 amide bonds. The zero-order valence-corrected chi connectivity index (χ0v) is 5.78. The second-order valence-electron chi connectivity index (χ2n) is 2.98. The minimum Gasteiger partial charge on any atom is -0.314 e. The molecule has 1 nitrogen and oxygen atoms in total. The van der Waals surface area contributed by atoms with E-state index in [1.807, 2.05) is 0 Å². The number of piperidine rings is 1. The van der Waals surface area contributed by atoms with Gasteiger partial charge in [-0.1, -0.05) is 6.92 Å². The van der Waals surface area contributed by atoms with Crippen LogP contribution in [-0.2, 0) is 0 Å². The first-order chi connectivity index (χ1) is 3.79. The molecule has 0 spiro atoms. The van der Waals surface area contributed by atoms with Gasteiger partial charge >= 0.3 is 0 Å². The van der Waals surface area contributed by atoms with Crippen molar-refractivity contribution in [3.05, 3.63) is 0 Å². The second kappa shape index (κ2) is 2.49. The summed E-state index contributed by atoms with van der Waals surface area (Å²) in [7, 11) is 0. The lowest BCUT2D eigenvalue weighted by Gasteiger charge is -2.24. The zero-order chi connectivity index (χ0) is 5.98. The van der Waals surface area contributed by atoms with Crippen molar-refractivity contribution in [1.29, 1.82) is 0 Å². The quantitative estimate of drug-likeness (QED) is 0.500. The maximum atomic E-state index is 3.41. The number of nitrogens with one attached hydrogen (secondary N) is 1. The fourth-order valence-electron chi connectivity index (χ4n) is 1.38. The van der Waals surface area contributed by atoms with Crippen molar-refractivity contribution in [2.45, 2.75) is 32.7 Å². The Hall–Kier alpha value is -0.0400. The van der Waals surface area contributed by atoms with E-state index in [0.717, 1.165) is 12.0 Å². The van der Waals surface area contributed by atoms with Gasteiger partial charge in [0.2, 0.25) is 0 Å². The highest BCUT2D eigenvalue weighted by Crippen LogP contribution is 2.13. The minimum atomic E-state index is 0.763. The number of hydrogen-bond donors (Lipinski definition) is 1. The summed E-state index contributed by atoms with van der Waals surface area (Å²) in [4.78, 5) is 0. The van der Waals surface area contributed by atoms with Crippen LogP contribution in [0.4, 0.5) is 0 Å². The predicted molar refractivity (Wildman–Crippen MR) is 35.9 cm³/mol. The molecule has 1 saturated heterocycles. The van der Waals surface area contributed by atoms with E-state index in [4.69, 9.17) is 0 Å². The van der Waals surface area contributed by atoms with Gasteiger partial charge in [-0.3, -0.25) is 0 Å². The lowest BCUT2D eigenvalue weighted by Crippen LogP contribution is -2.34. The van der Waals surface area contributed by atoms with Crippen molar-refractivity contribution in [3.63, 3.8) is 0 Å². The summed E-state index contributed by atoms with van der Waals surface area (Å²) in [5.41, 5.74) is 0. The topological polar surface area (TPSA) is 12.0 Å². The third-order valence-electron chi connectivity index (χ3n) is 1.89. The summed E-state index contributed by atoms with van der Waals surface area (Å²) in [6.45, 7) is 5.81. The van der Waals surface area contributed by atoms with Crippen molar-refractivity contribution < 1.29 is 0 Å². The van der Waals surface area contributed by atoms with Gasteiger partial charge in [-0.15, -0.1) is 0 Å². The van der Waals surface area contributed by atoms with Crippen LogP contribution in [0.1, 0.15) is 26.7 Å². The van der Waals surface area contributed by atoms with Gasteiger partial charge in [-0.2, -0.15) is 0 Å². The molecular formula is C7H15N. The van der Waals surface area contributed by atoms with E-state index in [1.165, 1.54) is 19.4 Å². The number of rotatable bonds is 0. The van der Waals surface area contributed by atoms with E-state index >= 15 is 0 Å². The largest absolute Gasteiger partial charge is 0.314 e. The predicted octanol–water partition coefficient (Wildman–Crippen LogP) is 1.39. The second-order valence-corrected chi connectivity index (χ2v) is 2.98. The van der Waals surface area contributed by atoms with Crippen LogP contribution < -0.4 is 5.32 Å². The molecule has 2 atom stereocenters. The van der Waals surface area contributed by atoms with Gasteiger partial charge in [0.15, 0.2) is 0 Å². The van der Waals surface area contributed by atoms with E-state index in [0.29, 0.717) is 0 Å².